The Hall–Kier alpha value is -2.75. The molecule has 3 aromatic rings. The van der Waals surface area contributed by atoms with Crippen molar-refractivity contribution in [2.45, 2.75) is 40.3 Å². The fraction of sp³-hybridized carbons (Fsp3) is 0.375. The van der Waals surface area contributed by atoms with Gasteiger partial charge in [0, 0.05) is 42.5 Å². The number of pyridine rings is 1. The van der Waals surface area contributed by atoms with Crippen molar-refractivity contribution < 1.29 is 0 Å². The number of benzene rings is 1. The van der Waals surface area contributed by atoms with Crippen LogP contribution in [0.25, 0.3) is 22.2 Å². The number of fused-ring (bicyclic) bond motifs is 1. The highest BCUT2D eigenvalue weighted by atomic mass is 15.3. The lowest BCUT2D eigenvalue weighted by Crippen LogP contribution is -2.48. The molecule has 1 aromatic carbocycles. The largest absolute Gasteiger partial charge is 0.385 e. The van der Waals surface area contributed by atoms with Crippen molar-refractivity contribution in [2.24, 2.45) is 5.92 Å². The van der Waals surface area contributed by atoms with Gasteiger partial charge in [-0.3, -0.25) is 0 Å². The highest BCUT2D eigenvalue weighted by Crippen LogP contribution is 2.32. The van der Waals surface area contributed by atoms with E-state index in [-0.39, 0.29) is 6.04 Å². The minimum Gasteiger partial charge on any atom is -0.385 e. The van der Waals surface area contributed by atoms with E-state index in [9.17, 15) is 0 Å². The van der Waals surface area contributed by atoms with Crippen LogP contribution in [0.4, 0.5) is 5.82 Å². The van der Waals surface area contributed by atoms with Crippen molar-refractivity contribution in [1.29, 1.82) is 0 Å². The van der Waals surface area contributed by atoms with Gasteiger partial charge < -0.3 is 14.8 Å². The van der Waals surface area contributed by atoms with Gasteiger partial charge in [-0.2, -0.15) is 0 Å². The molecule has 1 fully saturated rings. The molecule has 2 aromatic heterocycles. The monoisotopic (exact) mass is 374 g/mol. The predicted octanol–water partition coefficient (Wildman–Crippen LogP) is 4.98. The first-order valence-corrected chi connectivity index (χ1v) is 10.2. The average Bonchev–Trinajstić information content (AvgIpc) is 3.02. The molecular formula is C24H30N4. The minimum absolute atomic E-state index is 0.240. The number of piperazine rings is 1. The van der Waals surface area contributed by atoms with Crippen molar-refractivity contribution in [1.82, 2.24) is 14.9 Å². The van der Waals surface area contributed by atoms with E-state index in [1.165, 1.54) is 22.1 Å². The van der Waals surface area contributed by atoms with E-state index in [2.05, 4.69) is 91.7 Å². The van der Waals surface area contributed by atoms with Gasteiger partial charge in [-0.25, -0.2) is 4.98 Å². The Bertz CT molecular complexity index is 997. The Morgan fingerprint density at radius 1 is 1.18 bits per heavy atom. The van der Waals surface area contributed by atoms with Crippen LogP contribution in [-0.2, 0) is 6.54 Å². The van der Waals surface area contributed by atoms with Crippen LogP contribution in [0.2, 0.25) is 0 Å². The number of aryl methyl sites for hydroxylation is 1. The third-order valence-electron chi connectivity index (χ3n) is 5.60. The Morgan fingerprint density at radius 3 is 2.64 bits per heavy atom. The SMILES string of the molecule is C=C1NCCN(c2ccc3c(-c4ccc(C)cc4)cn(CC(C)C)c3n2)C1C. The zero-order valence-corrected chi connectivity index (χ0v) is 17.4. The number of nitrogens with zero attached hydrogens (tertiary/aromatic N) is 3. The number of hydrogen-bond acceptors (Lipinski definition) is 3. The fourth-order valence-electron chi connectivity index (χ4n) is 3.99. The summed E-state index contributed by atoms with van der Waals surface area (Å²) in [7, 11) is 0. The number of hydrogen-bond donors (Lipinski definition) is 1. The maximum atomic E-state index is 5.12. The van der Waals surface area contributed by atoms with Crippen LogP contribution in [0.15, 0.2) is 54.9 Å². The average molecular weight is 375 g/mol. The van der Waals surface area contributed by atoms with Crippen molar-refractivity contribution in [3.05, 3.63) is 60.4 Å². The second-order valence-electron chi connectivity index (χ2n) is 8.32. The number of nitrogens with one attached hydrogen (secondary N) is 1. The lowest BCUT2D eigenvalue weighted by atomic mass is 10.0. The fourth-order valence-corrected chi connectivity index (χ4v) is 3.99. The smallest absolute Gasteiger partial charge is 0.142 e. The summed E-state index contributed by atoms with van der Waals surface area (Å²) in [5.74, 6) is 1.59. The maximum absolute atomic E-state index is 5.12. The molecule has 1 aliphatic heterocycles. The van der Waals surface area contributed by atoms with E-state index in [0.29, 0.717) is 5.92 Å². The molecule has 4 rings (SSSR count). The van der Waals surface area contributed by atoms with Crippen LogP contribution in [0, 0.1) is 12.8 Å². The molecule has 0 amide bonds. The molecule has 0 radical (unpaired) electrons. The third-order valence-corrected chi connectivity index (χ3v) is 5.60. The molecule has 0 spiro atoms. The first kappa shape index (κ1) is 18.6. The van der Waals surface area contributed by atoms with Gasteiger partial charge in [0.05, 0.1) is 6.04 Å². The van der Waals surface area contributed by atoms with Crippen LogP contribution in [-0.4, -0.2) is 28.7 Å². The summed E-state index contributed by atoms with van der Waals surface area (Å²) in [5, 5.41) is 4.58. The molecule has 1 unspecified atom stereocenters. The molecule has 4 nitrogen and oxygen atoms in total. The van der Waals surface area contributed by atoms with Crippen LogP contribution in [0.1, 0.15) is 26.3 Å². The number of rotatable bonds is 4. The van der Waals surface area contributed by atoms with Gasteiger partial charge in [0.1, 0.15) is 11.5 Å². The Balaban J connectivity index is 1.82. The summed E-state index contributed by atoms with van der Waals surface area (Å²) < 4.78 is 2.32. The highest BCUT2D eigenvalue weighted by Gasteiger charge is 2.23. The first-order valence-electron chi connectivity index (χ1n) is 10.2. The molecule has 28 heavy (non-hydrogen) atoms. The molecule has 1 aliphatic rings. The highest BCUT2D eigenvalue weighted by molar-refractivity contribution is 5.95. The molecule has 146 valence electrons. The van der Waals surface area contributed by atoms with Crippen molar-refractivity contribution in [2.75, 3.05) is 18.0 Å². The summed E-state index contributed by atoms with van der Waals surface area (Å²) in [5.41, 5.74) is 5.91. The third kappa shape index (κ3) is 3.39. The Kier molecular flexibility index (Phi) is 4.88. The van der Waals surface area contributed by atoms with Crippen LogP contribution in [0.3, 0.4) is 0 Å². The molecule has 1 atom stereocenters. The van der Waals surface area contributed by atoms with E-state index < -0.39 is 0 Å². The minimum atomic E-state index is 0.240. The van der Waals surface area contributed by atoms with Gasteiger partial charge >= 0.3 is 0 Å². The van der Waals surface area contributed by atoms with E-state index in [0.717, 1.165) is 36.8 Å². The summed E-state index contributed by atoms with van der Waals surface area (Å²) in [6.45, 7) is 15.8. The number of aromatic nitrogens is 2. The quantitative estimate of drug-likeness (QED) is 0.699. The van der Waals surface area contributed by atoms with Crippen molar-refractivity contribution in [3.8, 4) is 11.1 Å². The Morgan fingerprint density at radius 2 is 1.93 bits per heavy atom. The maximum Gasteiger partial charge on any atom is 0.142 e. The second-order valence-corrected chi connectivity index (χ2v) is 8.32. The topological polar surface area (TPSA) is 33.1 Å². The van der Waals surface area contributed by atoms with Crippen molar-refractivity contribution in [3.63, 3.8) is 0 Å². The zero-order valence-electron chi connectivity index (χ0n) is 17.4. The van der Waals surface area contributed by atoms with Gasteiger partial charge in [-0.15, -0.1) is 0 Å². The standard InChI is InChI=1S/C24H30N4/c1-16(2)14-27-15-22(20-8-6-17(3)7-9-20)21-10-11-23(26-24(21)27)28-13-12-25-18(4)19(28)5/h6-11,15-16,19,25H,4,12-14H2,1-3,5H3. The molecule has 0 bridgehead atoms. The van der Waals surface area contributed by atoms with E-state index >= 15 is 0 Å². The van der Waals surface area contributed by atoms with Gasteiger partial charge in [-0.05, 0) is 37.5 Å². The van der Waals surface area contributed by atoms with E-state index in [1.54, 1.807) is 0 Å². The van der Waals surface area contributed by atoms with E-state index in [1.807, 2.05) is 0 Å². The zero-order chi connectivity index (χ0) is 19.8. The number of anilines is 1. The molecular weight excluding hydrogens is 344 g/mol. The summed E-state index contributed by atoms with van der Waals surface area (Å²) in [6, 6.07) is 13.4. The molecule has 0 saturated carbocycles. The summed E-state index contributed by atoms with van der Waals surface area (Å²) in [4.78, 5) is 7.46. The van der Waals surface area contributed by atoms with Gasteiger partial charge in [-0.1, -0.05) is 50.3 Å². The second kappa shape index (κ2) is 7.34. The van der Waals surface area contributed by atoms with Crippen LogP contribution in [0.5, 0.6) is 0 Å². The predicted molar refractivity (Wildman–Crippen MR) is 119 cm³/mol. The normalized spacial score (nSPS) is 17.4. The summed E-state index contributed by atoms with van der Waals surface area (Å²) in [6.07, 6.45) is 2.27. The van der Waals surface area contributed by atoms with Gasteiger partial charge in [0.2, 0.25) is 0 Å². The van der Waals surface area contributed by atoms with Crippen LogP contribution >= 0.6 is 0 Å². The van der Waals surface area contributed by atoms with Crippen molar-refractivity contribution >= 4 is 16.9 Å². The van der Waals surface area contributed by atoms with Gasteiger partial charge in [0.25, 0.3) is 0 Å². The molecule has 1 N–H and O–H groups in total. The van der Waals surface area contributed by atoms with Crippen LogP contribution < -0.4 is 10.2 Å². The lowest BCUT2D eigenvalue weighted by Gasteiger charge is -2.36. The molecule has 1 saturated heterocycles. The first-order chi connectivity index (χ1) is 13.4. The molecule has 0 aliphatic carbocycles. The molecule has 4 heteroatoms. The van der Waals surface area contributed by atoms with E-state index in [4.69, 9.17) is 4.98 Å². The van der Waals surface area contributed by atoms with Gasteiger partial charge in [0.15, 0.2) is 0 Å². The lowest BCUT2D eigenvalue weighted by molar-refractivity contribution is 0.532. The summed E-state index contributed by atoms with van der Waals surface area (Å²) >= 11 is 0. The Labute approximate surface area is 167 Å². The molecule has 3 heterocycles.